The molecule has 3 aromatic carbocycles. The summed E-state index contributed by atoms with van der Waals surface area (Å²) in [6.07, 6.45) is 0. The van der Waals surface area contributed by atoms with Gasteiger partial charge in [-0.25, -0.2) is 13.2 Å². The second-order valence-electron chi connectivity index (χ2n) is 7.06. The predicted molar refractivity (Wildman–Crippen MR) is 130 cm³/mol. The molecule has 1 amide bonds. The summed E-state index contributed by atoms with van der Waals surface area (Å²) in [4.78, 5) is 24.6. The van der Waals surface area contributed by atoms with E-state index in [1.807, 2.05) is 0 Å². The Labute approximate surface area is 203 Å². The van der Waals surface area contributed by atoms with Gasteiger partial charge in [0.25, 0.3) is 15.9 Å². The third-order valence-corrected chi connectivity index (χ3v) is 7.05. The van der Waals surface area contributed by atoms with E-state index < -0.39 is 21.9 Å². The summed E-state index contributed by atoms with van der Waals surface area (Å²) in [5.74, 6) is -0.405. The normalized spacial score (nSPS) is 10.9. The number of ether oxygens (including phenoxy) is 2. The molecular formula is C24H23ClN2O6S. The number of amides is 1. The minimum atomic E-state index is -3.80. The molecule has 0 aliphatic heterocycles. The van der Waals surface area contributed by atoms with Gasteiger partial charge in [0, 0.05) is 12.6 Å². The van der Waals surface area contributed by atoms with Gasteiger partial charge < -0.3 is 14.8 Å². The molecule has 8 nitrogen and oxygen atoms in total. The van der Waals surface area contributed by atoms with Crippen LogP contribution in [0.3, 0.4) is 0 Å². The van der Waals surface area contributed by atoms with Crippen LogP contribution in [0, 0.1) is 0 Å². The Morgan fingerprint density at radius 2 is 1.59 bits per heavy atom. The van der Waals surface area contributed by atoms with Crippen molar-refractivity contribution in [3.05, 3.63) is 82.9 Å². The number of halogens is 1. The maximum atomic E-state index is 12.9. The zero-order chi connectivity index (χ0) is 24.9. The van der Waals surface area contributed by atoms with Gasteiger partial charge in [-0.3, -0.25) is 9.10 Å². The standard InChI is InChI=1S/C24H23ClN2O6S/c1-4-33-24(29)17-7-14-22(21(25)15-17)26-23(28)16-5-8-18(9-6-16)27(2)34(30,31)20-12-10-19(32-3)11-13-20/h5-15H,4H2,1-3H3,(H,26,28). The molecule has 3 aromatic rings. The van der Waals surface area contributed by atoms with Gasteiger partial charge in [-0.1, -0.05) is 11.6 Å². The van der Waals surface area contributed by atoms with Crippen molar-refractivity contribution in [1.82, 2.24) is 0 Å². The van der Waals surface area contributed by atoms with Crippen LogP contribution in [0.25, 0.3) is 0 Å². The smallest absolute Gasteiger partial charge is 0.338 e. The molecule has 0 unspecified atom stereocenters. The average Bonchev–Trinajstić information content (AvgIpc) is 2.85. The van der Waals surface area contributed by atoms with Gasteiger partial charge in [0.2, 0.25) is 0 Å². The number of carbonyl (C=O) groups is 2. The van der Waals surface area contributed by atoms with Crippen molar-refractivity contribution in [2.45, 2.75) is 11.8 Å². The molecule has 1 N–H and O–H groups in total. The molecule has 0 aromatic heterocycles. The van der Waals surface area contributed by atoms with Crippen molar-refractivity contribution in [2.24, 2.45) is 0 Å². The number of hydrogen-bond donors (Lipinski definition) is 1. The number of rotatable bonds is 8. The highest BCUT2D eigenvalue weighted by Gasteiger charge is 2.22. The van der Waals surface area contributed by atoms with E-state index in [4.69, 9.17) is 21.1 Å². The Morgan fingerprint density at radius 1 is 0.971 bits per heavy atom. The van der Waals surface area contributed by atoms with Crippen molar-refractivity contribution in [3.8, 4) is 5.75 Å². The number of anilines is 2. The third kappa shape index (κ3) is 5.49. The molecule has 0 radical (unpaired) electrons. The number of esters is 1. The third-order valence-electron chi connectivity index (χ3n) is 4.94. The van der Waals surface area contributed by atoms with Crippen LogP contribution in [0.5, 0.6) is 5.75 Å². The van der Waals surface area contributed by atoms with Gasteiger partial charge in [-0.05, 0) is 73.7 Å². The second-order valence-corrected chi connectivity index (χ2v) is 9.44. The number of sulfonamides is 1. The van der Waals surface area contributed by atoms with Crippen molar-refractivity contribution in [3.63, 3.8) is 0 Å². The largest absolute Gasteiger partial charge is 0.497 e. The van der Waals surface area contributed by atoms with E-state index in [0.29, 0.717) is 22.7 Å². The van der Waals surface area contributed by atoms with Crippen LogP contribution in [0.2, 0.25) is 5.02 Å². The second kappa shape index (κ2) is 10.6. The molecule has 0 saturated carbocycles. The molecule has 0 heterocycles. The highest BCUT2D eigenvalue weighted by Crippen LogP contribution is 2.26. The van der Waals surface area contributed by atoms with E-state index in [9.17, 15) is 18.0 Å². The zero-order valence-electron chi connectivity index (χ0n) is 18.7. The lowest BCUT2D eigenvalue weighted by Gasteiger charge is -2.20. The number of nitrogens with one attached hydrogen (secondary N) is 1. The van der Waals surface area contributed by atoms with Crippen LogP contribution < -0.4 is 14.4 Å². The van der Waals surface area contributed by atoms with Crippen LogP contribution in [0.4, 0.5) is 11.4 Å². The summed E-state index contributed by atoms with van der Waals surface area (Å²) in [6, 6.07) is 16.6. The van der Waals surface area contributed by atoms with Gasteiger partial charge >= 0.3 is 5.97 Å². The Morgan fingerprint density at radius 3 is 2.15 bits per heavy atom. The molecule has 0 fully saturated rings. The van der Waals surface area contributed by atoms with Crippen LogP contribution in [-0.2, 0) is 14.8 Å². The monoisotopic (exact) mass is 502 g/mol. The van der Waals surface area contributed by atoms with Gasteiger partial charge in [0.15, 0.2) is 0 Å². The highest BCUT2D eigenvalue weighted by molar-refractivity contribution is 7.92. The molecule has 0 bridgehead atoms. The van der Waals surface area contributed by atoms with Crippen molar-refractivity contribution >= 4 is 44.9 Å². The molecule has 3 rings (SSSR count). The van der Waals surface area contributed by atoms with E-state index >= 15 is 0 Å². The fourth-order valence-corrected chi connectivity index (χ4v) is 4.44. The molecule has 0 saturated heterocycles. The molecule has 0 aliphatic rings. The summed E-state index contributed by atoms with van der Waals surface area (Å²) in [7, 11) is -0.868. The Kier molecular flexibility index (Phi) is 7.80. The van der Waals surface area contributed by atoms with Gasteiger partial charge in [-0.15, -0.1) is 0 Å². The molecule has 10 heteroatoms. The first-order valence-electron chi connectivity index (χ1n) is 10.2. The van der Waals surface area contributed by atoms with Gasteiger partial charge in [0.1, 0.15) is 5.75 Å². The highest BCUT2D eigenvalue weighted by atomic mass is 35.5. The molecule has 178 valence electrons. The van der Waals surface area contributed by atoms with Crippen molar-refractivity contribution in [2.75, 3.05) is 30.4 Å². The number of methoxy groups -OCH3 is 1. The first-order chi connectivity index (χ1) is 16.2. The molecular weight excluding hydrogens is 480 g/mol. The van der Waals surface area contributed by atoms with Crippen molar-refractivity contribution < 1.29 is 27.5 Å². The summed E-state index contributed by atoms with van der Waals surface area (Å²) in [5, 5.41) is 2.85. The van der Waals surface area contributed by atoms with Crippen molar-refractivity contribution in [1.29, 1.82) is 0 Å². The summed E-state index contributed by atoms with van der Waals surface area (Å²) < 4.78 is 36.9. The Balaban J connectivity index is 1.73. The molecule has 0 atom stereocenters. The summed E-state index contributed by atoms with van der Waals surface area (Å²) in [5.41, 5.74) is 1.27. The van der Waals surface area contributed by atoms with Crippen LogP contribution >= 0.6 is 11.6 Å². The van der Waals surface area contributed by atoms with Gasteiger partial charge in [-0.2, -0.15) is 0 Å². The Hall–Kier alpha value is -3.56. The van der Waals surface area contributed by atoms with Gasteiger partial charge in [0.05, 0.1) is 40.6 Å². The van der Waals surface area contributed by atoms with E-state index in [-0.39, 0.29) is 22.1 Å². The predicted octanol–water partition coefficient (Wildman–Crippen LogP) is 4.60. The lowest BCUT2D eigenvalue weighted by atomic mass is 10.1. The van der Waals surface area contributed by atoms with Crippen LogP contribution in [0.15, 0.2) is 71.6 Å². The topological polar surface area (TPSA) is 102 Å². The van der Waals surface area contributed by atoms with E-state index in [1.165, 1.54) is 68.8 Å². The number of nitrogens with zero attached hydrogens (tertiary/aromatic N) is 1. The fraction of sp³-hybridized carbons (Fsp3) is 0.167. The lowest BCUT2D eigenvalue weighted by Crippen LogP contribution is -2.26. The quantitative estimate of drug-likeness (QED) is 0.451. The fourth-order valence-electron chi connectivity index (χ4n) is 3.02. The zero-order valence-corrected chi connectivity index (χ0v) is 20.3. The SMILES string of the molecule is CCOC(=O)c1ccc(NC(=O)c2ccc(N(C)S(=O)(=O)c3ccc(OC)cc3)cc2)c(Cl)c1. The average molecular weight is 503 g/mol. The molecule has 0 spiro atoms. The van der Waals surface area contributed by atoms with Crippen LogP contribution in [0.1, 0.15) is 27.6 Å². The lowest BCUT2D eigenvalue weighted by molar-refractivity contribution is 0.0526. The molecule has 0 aliphatic carbocycles. The maximum Gasteiger partial charge on any atom is 0.338 e. The Bertz CT molecular complexity index is 1290. The van der Waals surface area contributed by atoms with E-state index in [0.717, 1.165) is 4.31 Å². The number of carbonyl (C=O) groups excluding carboxylic acids is 2. The minimum Gasteiger partial charge on any atom is -0.497 e. The first kappa shape index (κ1) is 25.1. The summed E-state index contributed by atoms with van der Waals surface area (Å²) in [6.45, 7) is 1.94. The van der Waals surface area contributed by atoms with E-state index in [1.54, 1.807) is 19.1 Å². The molecule has 34 heavy (non-hydrogen) atoms. The minimum absolute atomic E-state index is 0.110. The summed E-state index contributed by atoms with van der Waals surface area (Å²) >= 11 is 6.20. The maximum absolute atomic E-state index is 12.9. The number of benzene rings is 3. The number of hydrogen-bond acceptors (Lipinski definition) is 6. The first-order valence-corrected chi connectivity index (χ1v) is 12.0. The van der Waals surface area contributed by atoms with E-state index in [2.05, 4.69) is 5.32 Å². The van der Waals surface area contributed by atoms with Crippen LogP contribution in [-0.4, -0.2) is 41.1 Å².